The number of ether oxygens (including phenoxy) is 1. The van der Waals surface area contributed by atoms with Crippen molar-refractivity contribution < 1.29 is 44.3 Å². The van der Waals surface area contributed by atoms with E-state index in [-0.39, 0.29) is 5.75 Å². The summed E-state index contributed by atoms with van der Waals surface area (Å²) >= 11 is 0.942. The van der Waals surface area contributed by atoms with Crippen LogP contribution in [0.2, 0.25) is 0 Å². The molecule has 9 nitrogen and oxygen atoms in total. The maximum atomic E-state index is 14.3. The summed E-state index contributed by atoms with van der Waals surface area (Å²) in [5, 5.41) is 47.4. The Kier molecular flexibility index (Phi) is 10.2. The molecule has 0 aliphatic carbocycles. The SMILES string of the molecule is CC(C)(C)C(=O)C(O)[C@@H](SCc1ccccc1)[C@@H]1O[C@@](O)(C(=O)C(C)(C)C)[C@@](O)(C(=O)C(C)(C)C)[C@]1(O)C(=O)C(C)(C)C. The van der Waals surface area contributed by atoms with E-state index in [2.05, 4.69) is 0 Å². The molecule has 0 radical (unpaired) electrons. The van der Waals surface area contributed by atoms with Crippen molar-refractivity contribution in [3.63, 3.8) is 0 Å². The Bertz CT molecular complexity index is 1230. The van der Waals surface area contributed by atoms with Gasteiger partial charge in [0.25, 0.3) is 5.79 Å². The molecule has 0 spiro atoms. The molecule has 1 heterocycles. The van der Waals surface area contributed by atoms with E-state index in [1.54, 1.807) is 51.1 Å². The average Bonchev–Trinajstić information content (AvgIpc) is 3.05. The van der Waals surface area contributed by atoms with Crippen molar-refractivity contribution in [3.8, 4) is 0 Å². The second-order valence-corrected chi connectivity index (χ2v) is 16.9. The first-order valence-corrected chi connectivity index (χ1v) is 15.5. The van der Waals surface area contributed by atoms with Gasteiger partial charge in [-0.3, -0.25) is 19.2 Å². The van der Waals surface area contributed by atoms with Crippen molar-refractivity contribution in [2.24, 2.45) is 21.7 Å². The van der Waals surface area contributed by atoms with E-state index in [1.807, 2.05) is 0 Å². The maximum Gasteiger partial charge on any atom is 0.268 e. The Balaban J connectivity index is 3.04. The van der Waals surface area contributed by atoms with E-state index in [1.165, 1.54) is 62.3 Å². The second-order valence-electron chi connectivity index (χ2n) is 15.7. The van der Waals surface area contributed by atoms with Crippen LogP contribution in [0.3, 0.4) is 0 Å². The number of carbonyl (C=O) groups is 4. The van der Waals surface area contributed by atoms with Crippen molar-refractivity contribution in [2.75, 3.05) is 0 Å². The van der Waals surface area contributed by atoms with Crippen LogP contribution < -0.4 is 0 Å². The number of rotatable bonds is 9. The third kappa shape index (κ3) is 6.56. The Hall–Kier alpha value is -1.95. The van der Waals surface area contributed by atoms with Crippen LogP contribution in [0, 0.1) is 21.7 Å². The molecule has 4 N–H and O–H groups in total. The number of aliphatic hydroxyl groups excluding tert-OH is 1. The van der Waals surface area contributed by atoms with Crippen LogP contribution in [0.5, 0.6) is 0 Å². The Labute approximate surface area is 259 Å². The lowest BCUT2D eigenvalue weighted by atomic mass is 9.60. The number of Topliss-reactive ketones (excluding diaryl/α,β-unsaturated/α-hetero) is 4. The molecule has 0 bridgehead atoms. The van der Waals surface area contributed by atoms with E-state index in [4.69, 9.17) is 4.74 Å². The molecule has 0 amide bonds. The molecule has 1 aromatic carbocycles. The van der Waals surface area contributed by atoms with Crippen molar-refractivity contribution in [1.29, 1.82) is 0 Å². The molecule has 1 unspecified atom stereocenters. The van der Waals surface area contributed by atoms with Crippen molar-refractivity contribution in [2.45, 2.75) is 123 Å². The first-order chi connectivity index (χ1) is 19.1. The van der Waals surface area contributed by atoms with Gasteiger partial charge in [-0.05, 0) is 5.56 Å². The predicted octanol–water partition coefficient (Wildman–Crippen LogP) is 3.66. The summed E-state index contributed by atoms with van der Waals surface area (Å²) in [5.41, 5.74) is -11.5. The van der Waals surface area contributed by atoms with Gasteiger partial charge in [0.2, 0.25) is 11.4 Å². The van der Waals surface area contributed by atoms with Crippen molar-refractivity contribution in [3.05, 3.63) is 35.9 Å². The largest absolute Gasteiger partial charge is 0.384 e. The second kappa shape index (κ2) is 11.8. The monoisotopic (exact) mass is 622 g/mol. The smallest absolute Gasteiger partial charge is 0.268 e. The minimum Gasteiger partial charge on any atom is -0.384 e. The van der Waals surface area contributed by atoms with Crippen molar-refractivity contribution >= 4 is 34.9 Å². The minimum absolute atomic E-state index is 0.150. The summed E-state index contributed by atoms with van der Waals surface area (Å²) in [6, 6.07) is 8.97. The fraction of sp³-hybridized carbons (Fsp3) is 0.697. The quantitative estimate of drug-likeness (QED) is 0.320. The molecule has 2 rings (SSSR count). The molecule has 6 atom stereocenters. The Morgan fingerprint density at radius 3 is 1.58 bits per heavy atom. The molecule has 1 fully saturated rings. The number of thioether (sulfide) groups is 1. The molecule has 1 aromatic rings. The number of benzene rings is 1. The van der Waals surface area contributed by atoms with Crippen LogP contribution in [0.25, 0.3) is 0 Å². The Morgan fingerprint density at radius 1 is 0.744 bits per heavy atom. The van der Waals surface area contributed by atoms with Gasteiger partial charge in [-0.1, -0.05) is 113 Å². The first-order valence-electron chi connectivity index (χ1n) is 14.5. The lowest BCUT2D eigenvalue weighted by molar-refractivity contribution is -0.258. The number of carbonyl (C=O) groups excluding carboxylic acids is 4. The third-order valence-corrected chi connectivity index (χ3v) is 9.07. The lowest BCUT2D eigenvalue weighted by Crippen LogP contribution is -2.77. The van der Waals surface area contributed by atoms with E-state index in [9.17, 15) is 39.6 Å². The lowest BCUT2D eigenvalue weighted by Gasteiger charge is -2.47. The highest BCUT2D eigenvalue weighted by Gasteiger charge is 2.84. The fourth-order valence-corrected chi connectivity index (χ4v) is 6.60. The summed E-state index contributed by atoms with van der Waals surface area (Å²) < 4.78 is 5.97. The van der Waals surface area contributed by atoms with Gasteiger partial charge in [0.1, 0.15) is 12.2 Å². The molecule has 10 heteroatoms. The molecule has 1 aliphatic rings. The van der Waals surface area contributed by atoms with Crippen molar-refractivity contribution in [1.82, 2.24) is 0 Å². The summed E-state index contributed by atoms with van der Waals surface area (Å²) in [6.45, 7) is 17.6. The van der Waals surface area contributed by atoms with Crippen LogP contribution in [0.1, 0.15) is 88.6 Å². The molecular weight excluding hydrogens is 572 g/mol. The maximum absolute atomic E-state index is 14.3. The molecule has 1 aliphatic heterocycles. The molecule has 0 aromatic heterocycles. The first kappa shape index (κ1) is 37.2. The highest BCUT2D eigenvalue weighted by Crippen LogP contribution is 2.56. The summed E-state index contributed by atoms with van der Waals surface area (Å²) in [7, 11) is 0. The van der Waals surface area contributed by atoms with Gasteiger partial charge in [-0.25, -0.2) is 0 Å². The van der Waals surface area contributed by atoms with Crippen LogP contribution in [0.4, 0.5) is 0 Å². The molecule has 0 saturated carbocycles. The van der Waals surface area contributed by atoms with Gasteiger partial charge in [0.15, 0.2) is 23.0 Å². The van der Waals surface area contributed by atoms with Crippen LogP contribution in [0.15, 0.2) is 30.3 Å². The minimum atomic E-state index is -3.52. The third-order valence-electron chi connectivity index (χ3n) is 7.68. The molecule has 242 valence electrons. The van der Waals surface area contributed by atoms with Crippen LogP contribution in [-0.2, 0) is 29.7 Å². The standard InChI is InChI=1S/C33H50O9S/c1-27(2,3)22(35)20(34)21(43-18-19-16-14-13-15-17-19)23-31(39,24(36)28(4,5)6)32(40,25(37)29(7,8)9)33(41,42-23)26(38)30(10,11)12/h13-17,20-21,23,34,39-41H,18H2,1-12H3/t20?,21-,23+,31-,32-,33+/m1/s1. The summed E-state index contributed by atoms with van der Waals surface area (Å²) in [5.74, 6) is -7.43. The van der Waals surface area contributed by atoms with Gasteiger partial charge in [-0.15, -0.1) is 11.8 Å². The van der Waals surface area contributed by atoms with Crippen LogP contribution >= 0.6 is 11.8 Å². The van der Waals surface area contributed by atoms with Gasteiger partial charge in [0.05, 0.1) is 5.25 Å². The Morgan fingerprint density at radius 2 is 1.19 bits per heavy atom. The van der Waals surface area contributed by atoms with Gasteiger partial charge in [-0.2, -0.15) is 0 Å². The molecular formula is C33H50O9S. The van der Waals surface area contributed by atoms with Gasteiger partial charge >= 0.3 is 0 Å². The van der Waals surface area contributed by atoms with E-state index >= 15 is 0 Å². The molecule has 1 saturated heterocycles. The van der Waals surface area contributed by atoms with E-state index in [0.717, 1.165) is 17.3 Å². The average molecular weight is 623 g/mol. The number of hydrogen-bond acceptors (Lipinski definition) is 10. The zero-order valence-electron chi connectivity index (χ0n) is 27.6. The van der Waals surface area contributed by atoms with Gasteiger partial charge in [0, 0.05) is 27.4 Å². The van der Waals surface area contributed by atoms with Gasteiger partial charge < -0.3 is 25.2 Å². The zero-order valence-corrected chi connectivity index (χ0v) is 28.4. The van der Waals surface area contributed by atoms with Crippen LogP contribution in [-0.4, -0.2) is 78.0 Å². The fourth-order valence-electron chi connectivity index (χ4n) is 5.29. The summed E-state index contributed by atoms with van der Waals surface area (Å²) in [6.07, 6.45) is -3.99. The number of hydrogen-bond donors (Lipinski definition) is 4. The number of aliphatic hydroxyl groups is 4. The van der Waals surface area contributed by atoms with E-state index in [0.29, 0.717) is 0 Å². The topological polar surface area (TPSA) is 158 Å². The molecule has 43 heavy (non-hydrogen) atoms. The predicted molar refractivity (Wildman–Crippen MR) is 165 cm³/mol. The zero-order chi connectivity index (χ0) is 33.8. The highest BCUT2D eigenvalue weighted by molar-refractivity contribution is 7.99. The van der Waals surface area contributed by atoms with E-state index < -0.39 is 79.2 Å². The number of ketones is 4. The highest BCUT2D eigenvalue weighted by atomic mass is 32.2. The summed E-state index contributed by atoms with van der Waals surface area (Å²) in [4.78, 5) is 56.0. The normalized spacial score (nSPS) is 28.3.